The number of hydrogen-bond acceptors (Lipinski definition) is 6. The largest absolute Gasteiger partial charge is 0.507 e. The zero-order chi connectivity index (χ0) is 35.4. The van der Waals surface area contributed by atoms with Gasteiger partial charge in [-0.05, 0) is 64.0 Å². The number of halogens is 1. The second-order valence-electron chi connectivity index (χ2n) is 12.4. The van der Waals surface area contributed by atoms with E-state index >= 15 is 0 Å². The Morgan fingerprint density at radius 3 is 1.56 bits per heavy atom. The summed E-state index contributed by atoms with van der Waals surface area (Å²) >= 11 is 6.05. The highest BCUT2D eigenvalue weighted by molar-refractivity contribution is 6.30. The molecule has 50 heavy (non-hydrogen) atoms. The predicted molar refractivity (Wildman–Crippen MR) is 197 cm³/mol. The second kappa shape index (κ2) is 15.0. The zero-order valence-electron chi connectivity index (χ0n) is 27.5. The fraction of sp³-hybridized carbons (Fsp3) is 0.171. The van der Waals surface area contributed by atoms with Gasteiger partial charge in [0, 0.05) is 48.7 Å². The van der Waals surface area contributed by atoms with Crippen molar-refractivity contribution >= 4 is 45.1 Å². The Kier molecular flexibility index (Phi) is 10.3. The molecule has 1 aliphatic rings. The van der Waals surface area contributed by atoms with Crippen molar-refractivity contribution < 1.29 is 30.0 Å². The lowest BCUT2D eigenvalue weighted by Crippen LogP contribution is -2.46. The maximum atomic E-state index is 11.6. The van der Waals surface area contributed by atoms with Crippen LogP contribution in [-0.2, 0) is 6.42 Å². The van der Waals surface area contributed by atoms with Crippen LogP contribution in [0.2, 0.25) is 5.02 Å². The number of fused-ring (bicyclic) bond motifs is 2. The van der Waals surface area contributed by atoms with Gasteiger partial charge in [-0.15, -0.1) is 0 Å². The van der Waals surface area contributed by atoms with Crippen LogP contribution in [0.5, 0.6) is 11.5 Å². The third-order valence-corrected chi connectivity index (χ3v) is 9.52. The van der Waals surface area contributed by atoms with Crippen LogP contribution in [0.1, 0.15) is 49.0 Å². The molecule has 0 spiro atoms. The molecule has 1 aliphatic heterocycles. The van der Waals surface area contributed by atoms with Crippen LogP contribution in [0, 0.1) is 0 Å². The number of piperazine rings is 1. The van der Waals surface area contributed by atoms with E-state index < -0.39 is 23.4 Å². The molecule has 7 rings (SSSR count). The maximum Gasteiger partial charge on any atom is 0.339 e. The highest BCUT2D eigenvalue weighted by Gasteiger charge is 2.25. The molecule has 0 bridgehead atoms. The smallest absolute Gasteiger partial charge is 0.339 e. The number of likely N-dealkylation sites (N-methyl/N-ethyl adjacent to an activating group) is 1. The predicted octanol–water partition coefficient (Wildman–Crippen LogP) is 8.07. The molecule has 1 saturated heterocycles. The minimum Gasteiger partial charge on any atom is -0.507 e. The maximum absolute atomic E-state index is 11.6. The van der Waals surface area contributed by atoms with E-state index in [2.05, 4.69) is 59.3 Å². The quantitative estimate of drug-likeness (QED) is 0.133. The molecule has 9 heteroatoms. The number of benzene rings is 6. The Morgan fingerprint density at radius 1 is 0.640 bits per heavy atom. The van der Waals surface area contributed by atoms with E-state index in [0.717, 1.165) is 31.2 Å². The standard InChI is InChI=1S/C23H16O6.C18H21ClN2/c24-20-16(14-7-3-1-5-12(14)9-18(20)22(26)27)11-17-15-8-4-2-6-13(15)10-19(21(17)25)23(28)29;1-20-11-13-21(14-12-20)18(15-5-3-2-4-6-15)16-7-9-17(19)10-8-16/h1-10,24-25H,11H2,(H,26,27)(H,28,29);2-10,18H,11-14H2,1H3/t;18-/m.1/s1. The summed E-state index contributed by atoms with van der Waals surface area (Å²) in [6, 6.07) is 36.1. The molecule has 1 fully saturated rings. The number of carboxylic acids is 2. The lowest BCUT2D eigenvalue weighted by Gasteiger charge is -2.38. The van der Waals surface area contributed by atoms with Crippen molar-refractivity contribution in [3.63, 3.8) is 0 Å². The topological polar surface area (TPSA) is 122 Å². The van der Waals surface area contributed by atoms with Crippen molar-refractivity contribution in [1.82, 2.24) is 9.80 Å². The van der Waals surface area contributed by atoms with Gasteiger partial charge in [-0.25, -0.2) is 9.59 Å². The summed E-state index contributed by atoms with van der Waals surface area (Å²) in [5.41, 5.74) is 2.78. The normalized spacial score (nSPS) is 14.2. The van der Waals surface area contributed by atoms with Gasteiger partial charge in [0.25, 0.3) is 0 Å². The van der Waals surface area contributed by atoms with Gasteiger partial charge in [-0.3, -0.25) is 4.90 Å². The second-order valence-corrected chi connectivity index (χ2v) is 12.9. The van der Waals surface area contributed by atoms with Gasteiger partial charge in [0.15, 0.2) is 0 Å². The molecule has 0 amide bonds. The molecule has 4 N–H and O–H groups in total. The van der Waals surface area contributed by atoms with Crippen LogP contribution in [0.15, 0.2) is 115 Å². The minimum atomic E-state index is -1.28. The van der Waals surface area contributed by atoms with Crippen molar-refractivity contribution in [3.05, 3.63) is 154 Å². The van der Waals surface area contributed by atoms with E-state index in [4.69, 9.17) is 11.6 Å². The average molecular weight is 689 g/mol. The zero-order valence-corrected chi connectivity index (χ0v) is 28.2. The third kappa shape index (κ3) is 7.28. The molecule has 0 aromatic heterocycles. The summed E-state index contributed by atoms with van der Waals surface area (Å²) in [4.78, 5) is 28.2. The van der Waals surface area contributed by atoms with E-state index in [9.17, 15) is 30.0 Å². The Morgan fingerprint density at radius 2 is 1.08 bits per heavy atom. The van der Waals surface area contributed by atoms with E-state index in [1.54, 1.807) is 48.5 Å². The fourth-order valence-electron chi connectivity index (χ4n) is 6.66. The molecule has 6 aromatic carbocycles. The number of carboxylic acid groups (broad SMARTS) is 2. The third-order valence-electron chi connectivity index (χ3n) is 9.27. The van der Waals surface area contributed by atoms with Crippen LogP contribution < -0.4 is 0 Å². The minimum absolute atomic E-state index is 0.0407. The Bertz CT molecular complexity index is 2060. The summed E-state index contributed by atoms with van der Waals surface area (Å²) in [5, 5.41) is 43.6. The summed E-state index contributed by atoms with van der Waals surface area (Å²) in [5.74, 6) is -3.36. The molecule has 0 saturated carbocycles. The summed E-state index contributed by atoms with van der Waals surface area (Å²) in [6.07, 6.45) is -0.0407. The Balaban J connectivity index is 0.000000182. The van der Waals surface area contributed by atoms with Crippen molar-refractivity contribution in [2.24, 2.45) is 0 Å². The molecular formula is C41H37ClN2O6. The van der Waals surface area contributed by atoms with Crippen LogP contribution in [0.4, 0.5) is 0 Å². The van der Waals surface area contributed by atoms with Crippen molar-refractivity contribution in [1.29, 1.82) is 0 Å². The number of carbonyl (C=O) groups is 2. The van der Waals surface area contributed by atoms with Gasteiger partial charge < -0.3 is 25.3 Å². The van der Waals surface area contributed by atoms with E-state index in [-0.39, 0.29) is 17.5 Å². The average Bonchev–Trinajstić information content (AvgIpc) is 3.12. The first-order valence-electron chi connectivity index (χ1n) is 16.3. The number of rotatable bonds is 7. The van der Waals surface area contributed by atoms with E-state index in [1.165, 1.54) is 23.3 Å². The van der Waals surface area contributed by atoms with Crippen molar-refractivity contribution in [3.8, 4) is 11.5 Å². The van der Waals surface area contributed by atoms with E-state index in [1.807, 2.05) is 12.1 Å². The monoisotopic (exact) mass is 688 g/mol. The first-order chi connectivity index (χ1) is 24.1. The van der Waals surface area contributed by atoms with Gasteiger partial charge >= 0.3 is 11.9 Å². The Hall–Kier alpha value is -5.41. The number of aromatic carboxylic acids is 2. The van der Waals surface area contributed by atoms with Crippen LogP contribution in [-0.4, -0.2) is 75.4 Å². The molecule has 0 radical (unpaired) electrons. The first-order valence-corrected chi connectivity index (χ1v) is 16.7. The molecule has 1 heterocycles. The molecule has 1 atom stereocenters. The van der Waals surface area contributed by atoms with Crippen molar-refractivity contribution in [2.45, 2.75) is 12.5 Å². The number of phenols is 2. The number of nitrogens with zero attached hydrogens (tertiary/aromatic N) is 2. The summed E-state index contributed by atoms with van der Waals surface area (Å²) in [7, 11) is 2.19. The van der Waals surface area contributed by atoms with Crippen LogP contribution >= 0.6 is 11.6 Å². The highest BCUT2D eigenvalue weighted by atomic mass is 35.5. The first kappa shape index (κ1) is 34.5. The van der Waals surface area contributed by atoms with Gasteiger partial charge in [-0.1, -0.05) is 103 Å². The lowest BCUT2D eigenvalue weighted by molar-refractivity contribution is 0.0682. The van der Waals surface area contributed by atoms with Crippen molar-refractivity contribution in [2.75, 3.05) is 33.2 Å². The highest BCUT2D eigenvalue weighted by Crippen LogP contribution is 2.39. The van der Waals surface area contributed by atoms with Gasteiger partial charge in [0.2, 0.25) is 0 Å². The lowest BCUT2D eigenvalue weighted by atomic mass is 9.90. The molecule has 6 aromatic rings. The van der Waals surface area contributed by atoms with Gasteiger partial charge in [-0.2, -0.15) is 0 Å². The number of aromatic hydroxyl groups is 2. The van der Waals surface area contributed by atoms with Crippen LogP contribution in [0.3, 0.4) is 0 Å². The van der Waals surface area contributed by atoms with Crippen LogP contribution in [0.25, 0.3) is 21.5 Å². The molecule has 0 aliphatic carbocycles. The van der Waals surface area contributed by atoms with E-state index in [0.29, 0.717) is 38.7 Å². The molecular weight excluding hydrogens is 652 g/mol. The SMILES string of the molecule is CN1CCN([C@H](c2ccccc2)c2ccc(Cl)cc2)CC1.O=C(O)c1cc2ccccc2c(Cc2c(O)c(C(=O)O)cc3ccccc23)c1O. The van der Waals surface area contributed by atoms with Gasteiger partial charge in [0.1, 0.15) is 22.6 Å². The molecule has 8 nitrogen and oxygen atoms in total. The number of hydrogen-bond donors (Lipinski definition) is 4. The molecule has 254 valence electrons. The fourth-order valence-corrected chi connectivity index (χ4v) is 6.78. The molecule has 0 unspecified atom stereocenters. The van der Waals surface area contributed by atoms with Gasteiger partial charge in [0.05, 0.1) is 6.04 Å². The summed E-state index contributed by atoms with van der Waals surface area (Å²) < 4.78 is 0. The Labute approximate surface area is 295 Å². The summed E-state index contributed by atoms with van der Waals surface area (Å²) in [6.45, 7) is 4.44.